The molecule has 0 atom stereocenters. The van der Waals surface area contributed by atoms with Crippen LogP contribution in [-0.4, -0.2) is 43.9 Å². The monoisotopic (exact) mass is 316 g/mol. The molecule has 0 saturated carbocycles. The zero-order valence-corrected chi connectivity index (χ0v) is 12.8. The van der Waals surface area contributed by atoms with Gasteiger partial charge in [0.1, 0.15) is 0 Å². The maximum atomic E-state index is 10.3. The van der Waals surface area contributed by atoms with Gasteiger partial charge in [-0.15, -0.1) is 0 Å². The van der Waals surface area contributed by atoms with Crippen LogP contribution in [0.3, 0.4) is 0 Å². The molecule has 0 unspecified atom stereocenters. The minimum Gasteiger partial charge on any atom is -0.378 e. The molecule has 22 heavy (non-hydrogen) atoms. The number of carbonyl (C=O) groups excluding carboxylic acids is 1. The van der Waals surface area contributed by atoms with Crippen molar-refractivity contribution in [1.29, 1.82) is 0 Å². The third-order valence-electron chi connectivity index (χ3n) is 3.28. The molecule has 1 aliphatic rings. The van der Waals surface area contributed by atoms with Crippen LogP contribution in [-0.2, 0) is 9.53 Å². The van der Waals surface area contributed by atoms with E-state index in [4.69, 9.17) is 9.72 Å². The predicted molar refractivity (Wildman–Crippen MR) is 87.4 cm³/mol. The SMILES string of the molecule is O=CN/N=C\c1sc(N2CCOCC2)nc1-c1ccccc1. The van der Waals surface area contributed by atoms with Gasteiger partial charge < -0.3 is 9.64 Å². The molecule has 2 heterocycles. The fourth-order valence-electron chi connectivity index (χ4n) is 2.23. The summed E-state index contributed by atoms with van der Waals surface area (Å²) in [5.41, 5.74) is 4.21. The number of hydrogen-bond donors (Lipinski definition) is 1. The Morgan fingerprint density at radius 1 is 1.27 bits per heavy atom. The summed E-state index contributed by atoms with van der Waals surface area (Å²) in [4.78, 5) is 18.2. The molecular weight excluding hydrogens is 300 g/mol. The number of anilines is 1. The molecule has 6 nitrogen and oxygen atoms in total. The summed E-state index contributed by atoms with van der Waals surface area (Å²) in [5, 5.41) is 4.84. The number of aromatic nitrogens is 1. The molecule has 0 aliphatic carbocycles. The fourth-order valence-corrected chi connectivity index (χ4v) is 3.24. The number of carbonyl (C=O) groups is 1. The lowest BCUT2D eigenvalue weighted by Crippen LogP contribution is -2.36. The van der Waals surface area contributed by atoms with Gasteiger partial charge in [0.15, 0.2) is 5.13 Å². The average Bonchev–Trinajstić information content (AvgIpc) is 3.01. The molecule has 1 aliphatic heterocycles. The number of hydrogen-bond acceptors (Lipinski definition) is 6. The summed E-state index contributed by atoms with van der Waals surface area (Å²) in [6.07, 6.45) is 2.18. The highest BCUT2D eigenvalue weighted by atomic mass is 32.1. The van der Waals surface area contributed by atoms with Crippen molar-refractivity contribution >= 4 is 29.1 Å². The molecule has 114 valence electrons. The van der Waals surface area contributed by atoms with Crippen molar-refractivity contribution in [3.05, 3.63) is 35.2 Å². The lowest BCUT2D eigenvalue weighted by Gasteiger charge is -2.26. The molecule has 2 aromatic rings. The number of nitrogens with one attached hydrogen (secondary N) is 1. The first-order valence-corrected chi connectivity index (χ1v) is 7.81. The quantitative estimate of drug-likeness (QED) is 0.518. The van der Waals surface area contributed by atoms with Crippen molar-refractivity contribution < 1.29 is 9.53 Å². The van der Waals surface area contributed by atoms with E-state index in [2.05, 4.69) is 15.4 Å². The molecule has 1 aromatic heterocycles. The van der Waals surface area contributed by atoms with E-state index in [1.54, 1.807) is 17.6 Å². The van der Waals surface area contributed by atoms with Gasteiger partial charge in [-0.3, -0.25) is 4.79 Å². The van der Waals surface area contributed by atoms with Gasteiger partial charge in [-0.25, -0.2) is 10.4 Å². The summed E-state index contributed by atoms with van der Waals surface area (Å²) >= 11 is 1.57. The zero-order valence-electron chi connectivity index (χ0n) is 11.9. The largest absolute Gasteiger partial charge is 0.378 e. The van der Waals surface area contributed by atoms with E-state index < -0.39 is 0 Å². The number of morpholine rings is 1. The molecule has 1 fully saturated rings. The molecule has 3 rings (SSSR count). The van der Waals surface area contributed by atoms with Crippen molar-refractivity contribution in [1.82, 2.24) is 10.4 Å². The minimum absolute atomic E-state index is 0.544. The molecular formula is C15H16N4O2S. The Morgan fingerprint density at radius 2 is 2.05 bits per heavy atom. The van der Waals surface area contributed by atoms with Gasteiger partial charge in [-0.05, 0) is 0 Å². The Hall–Kier alpha value is -2.25. The second kappa shape index (κ2) is 7.15. The second-order valence-corrected chi connectivity index (χ2v) is 5.69. The highest BCUT2D eigenvalue weighted by molar-refractivity contribution is 7.17. The smallest absolute Gasteiger partial charge is 0.227 e. The van der Waals surface area contributed by atoms with Gasteiger partial charge in [0.25, 0.3) is 0 Å². The summed E-state index contributed by atoms with van der Waals surface area (Å²) in [7, 11) is 0. The lowest BCUT2D eigenvalue weighted by atomic mass is 10.1. The Bertz CT molecular complexity index is 651. The molecule has 0 radical (unpaired) electrons. The van der Waals surface area contributed by atoms with Gasteiger partial charge in [0.05, 0.1) is 30.0 Å². The third-order valence-corrected chi connectivity index (χ3v) is 4.33. The highest BCUT2D eigenvalue weighted by Gasteiger charge is 2.18. The van der Waals surface area contributed by atoms with Crippen LogP contribution in [0.25, 0.3) is 11.3 Å². The number of hydrazone groups is 1. The van der Waals surface area contributed by atoms with E-state index >= 15 is 0 Å². The van der Waals surface area contributed by atoms with Gasteiger partial charge in [0, 0.05) is 18.7 Å². The molecule has 0 bridgehead atoms. The van der Waals surface area contributed by atoms with E-state index in [0.29, 0.717) is 6.41 Å². The van der Waals surface area contributed by atoms with Crippen LogP contribution in [0, 0.1) is 0 Å². The topological polar surface area (TPSA) is 66.8 Å². The normalized spacial score (nSPS) is 15.2. The van der Waals surface area contributed by atoms with E-state index in [9.17, 15) is 4.79 Å². The van der Waals surface area contributed by atoms with Crippen LogP contribution in [0.4, 0.5) is 5.13 Å². The summed E-state index contributed by atoms with van der Waals surface area (Å²) in [5.74, 6) is 0. The van der Waals surface area contributed by atoms with Crippen LogP contribution in [0.15, 0.2) is 35.4 Å². The Labute approximate surface area is 132 Å². The molecule has 1 aromatic carbocycles. The van der Waals surface area contributed by atoms with Crippen LogP contribution < -0.4 is 10.3 Å². The number of rotatable bonds is 5. The predicted octanol–water partition coefficient (Wildman–Crippen LogP) is 1.73. The van der Waals surface area contributed by atoms with Crippen molar-refractivity contribution in [2.45, 2.75) is 0 Å². The van der Waals surface area contributed by atoms with Crippen molar-refractivity contribution in [2.75, 3.05) is 31.2 Å². The number of thiazole rings is 1. The first kappa shape index (κ1) is 14.7. The van der Waals surface area contributed by atoms with Gasteiger partial charge in [-0.1, -0.05) is 41.7 Å². The Morgan fingerprint density at radius 3 is 2.77 bits per heavy atom. The van der Waals surface area contributed by atoms with Crippen molar-refractivity contribution in [2.24, 2.45) is 5.10 Å². The molecule has 1 amide bonds. The maximum absolute atomic E-state index is 10.3. The average molecular weight is 316 g/mol. The first-order valence-electron chi connectivity index (χ1n) is 6.99. The zero-order chi connectivity index (χ0) is 15.2. The Kier molecular flexibility index (Phi) is 4.77. The summed E-state index contributed by atoms with van der Waals surface area (Å²) in [6, 6.07) is 9.97. The second-order valence-electron chi connectivity index (χ2n) is 4.68. The number of amides is 1. The molecule has 1 saturated heterocycles. The van der Waals surface area contributed by atoms with Gasteiger partial charge in [-0.2, -0.15) is 5.10 Å². The number of nitrogens with zero attached hydrogens (tertiary/aromatic N) is 3. The van der Waals surface area contributed by atoms with E-state index in [-0.39, 0.29) is 0 Å². The van der Waals surface area contributed by atoms with E-state index in [1.165, 1.54) is 0 Å². The fraction of sp³-hybridized carbons (Fsp3) is 0.267. The van der Waals surface area contributed by atoms with Crippen LogP contribution >= 0.6 is 11.3 Å². The third kappa shape index (κ3) is 3.32. The van der Waals surface area contributed by atoms with E-state index in [1.807, 2.05) is 30.3 Å². The lowest BCUT2D eigenvalue weighted by molar-refractivity contribution is -0.109. The first-order chi connectivity index (χ1) is 10.9. The summed E-state index contributed by atoms with van der Waals surface area (Å²) < 4.78 is 5.38. The van der Waals surface area contributed by atoms with E-state index in [0.717, 1.165) is 47.6 Å². The molecule has 7 heteroatoms. The number of benzene rings is 1. The van der Waals surface area contributed by atoms with Crippen molar-refractivity contribution in [3.63, 3.8) is 0 Å². The Balaban J connectivity index is 1.94. The van der Waals surface area contributed by atoms with Gasteiger partial charge in [0.2, 0.25) is 6.41 Å². The van der Waals surface area contributed by atoms with Gasteiger partial charge >= 0.3 is 0 Å². The highest BCUT2D eigenvalue weighted by Crippen LogP contribution is 2.32. The standard InChI is InChI=1S/C15H16N4O2S/c20-11-17-16-10-13-14(12-4-2-1-3-5-12)18-15(22-13)19-6-8-21-9-7-19/h1-5,10-11H,6-9H2,(H,17,20)/b16-10-. The van der Waals surface area contributed by atoms with Crippen LogP contribution in [0.5, 0.6) is 0 Å². The molecule has 1 N–H and O–H groups in total. The van der Waals surface area contributed by atoms with Crippen LogP contribution in [0.1, 0.15) is 4.88 Å². The number of ether oxygens (including phenoxy) is 1. The maximum Gasteiger partial charge on any atom is 0.227 e. The molecule has 0 spiro atoms. The van der Waals surface area contributed by atoms with Crippen LogP contribution in [0.2, 0.25) is 0 Å². The summed E-state index contributed by atoms with van der Waals surface area (Å²) in [6.45, 7) is 3.11. The minimum atomic E-state index is 0.544. The van der Waals surface area contributed by atoms with Crippen molar-refractivity contribution in [3.8, 4) is 11.3 Å².